The first-order valence-corrected chi connectivity index (χ1v) is 5.67. The maximum absolute atomic E-state index is 13.5. The lowest BCUT2D eigenvalue weighted by Gasteiger charge is -2.10. The molecule has 0 saturated heterocycles. The zero-order chi connectivity index (χ0) is 14.7. The highest BCUT2D eigenvalue weighted by molar-refractivity contribution is 6.05. The minimum atomic E-state index is -1.29. The summed E-state index contributed by atoms with van der Waals surface area (Å²) < 4.78 is 39.7. The maximum Gasteiger partial charge on any atom is 0.261 e. The molecule has 0 bridgehead atoms. The largest absolute Gasteiger partial charge is 0.392 e. The predicted octanol–water partition coefficient (Wildman–Crippen LogP) is 2.85. The summed E-state index contributed by atoms with van der Waals surface area (Å²) in [6, 6.07) is 7.11. The molecule has 0 atom stereocenters. The van der Waals surface area contributed by atoms with Crippen molar-refractivity contribution in [2.45, 2.75) is 6.61 Å². The van der Waals surface area contributed by atoms with Gasteiger partial charge in [0.2, 0.25) is 0 Å². The van der Waals surface area contributed by atoms with E-state index in [9.17, 15) is 18.0 Å². The third-order valence-corrected chi connectivity index (χ3v) is 2.67. The number of benzene rings is 2. The molecule has 0 spiro atoms. The van der Waals surface area contributed by atoms with Crippen molar-refractivity contribution >= 4 is 11.6 Å². The number of para-hydroxylation sites is 1. The van der Waals surface area contributed by atoms with Gasteiger partial charge < -0.3 is 10.4 Å². The highest BCUT2D eigenvalue weighted by Crippen LogP contribution is 2.19. The zero-order valence-electron chi connectivity index (χ0n) is 10.2. The van der Waals surface area contributed by atoms with E-state index in [1.807, 2.05) is 0 Å². The molecule has 0 radical (unpaired) electrons. The quantitative estimate of drug-likeness (QED) is 0.909. The number of hydrogen-bond donors (Lipinski definition) is 2. The van der Waals surface area contributed by atoms with E-state index >= 15 is 0 Å². The normalized spacial score (nSPS) is 10.4. The van der Waals surface area contributed by atoms with Gasteiger partial charge in [-0.05, 0) is 6.07 Å². The first-order chi connectivity index (χ1) is 9.52. The molecule has 0 aliphatic carbocycles. The molecule has 0 fully saturated rings. The number of nitrogens with one attached hydrogen (secondary N) is 1. The molecule has 2 aromatic carbocycles. The standard InChI is InChI=1S/C14H10F3NO2/c15-9-5-10(16)13(11(17)6-9)14(20)18-12-4-2-1-3-8(12)7-19/h1-6,19H,7H2,(H,18,20). The maximum atomic E-state index is 13.5. The number of aliphatic hydroxyl groups excluding tert-OH is 1. The minimum absolute atomic E-state index is 0.225. The van der Waals surface area contributed by atoms with Crippen LogP contribution in [0.2, 0.25) is 0 Å². The predicted molar refractivity (Wildman–Crippen MR) is 66.6 cm³/mol. The monoisotopic (exact) mass is 281 g/mol. The van der Waals surface area contributed by atoms with E-state index in [1.54, 1.807) is 18.2 Å². The van der Waals surface area contributed by atoms with Crippen LogP contribution in [0.5, 0.6) is 0 Å². The van der Waals surface area contributed by atoms with Gasteiger partial charge in [0.15, 0.2) is 0 Å². The molecule has 6 heteroatoms. The van der Waals surface area contributed by atoms with Gasteiger partial charge in [-0.2, -0.15) is 0 Å². The Morgan fingerprint density at radius 3 is 2.30 bits per heavy atom. The number of carbonyl (C=O) groups excluding carboxylic acids is 1. The Morgan fingerprint density at radius 2 is 1.70 bits per heavy atom. The Morgan fingerprint density at radius 1 is 1.10 bits per heavy atom. The van der Waals surface area contributed by atoms with Crippen molar-refractivity contribution in [2.24, 2.45) is 0 Å². The van der Waals surface area contributed by atoms with Crippen LogP contribution in [0.25, 0.3) is 0 Å². The lowest BCUT2D eigenvalue weighted by molar-refractivity contribution is 0.101. The number of carbonyl (C=O) groups is 1. The van der Waals surface area contributed by atoms with Gasteiger partial charge in [0.1, 0.15) is 23.0 Å². The minimum Gasteiger partial charge on any atom is -0.392 e. The fraction of sp³-hybridized carbons (Fsp3) is 0.0714. The van der Waals surface area contributed by atoms with Crippen molar-refractivity contribution in [3.63, 3.8) is 0 Å². The van der Waals surface area contributed by atoms with Crippen LogP contribution in [-0.2, 0) is 6.61 Å². The van der Waals surface area contributed by atoms with E-state index in [-0.39, 0.29) is 12.3 Å². The van der Waals surface area contributed by atoms with Gasteiger partial charge >= 0.3 is 0 Å². The van der Waals surface area contributed by atoms with Crippen molar-refractivity contribution in [1.29, 1.82) is 0 Å². The fourth-order valence-electron chi connectivity index (χ4n) is 1.72. The molecule has 0 aromatic heterocycles. The molecule has 2 aromatic rings. The molecule has 0 saturated carbocycles. The number of amides is 1. The molecule has 104 valence electrons. The van der Waals surface area contributed by atoms with Gasteiger partial charge in [0, 0.05) is 23.4 Å². The SMILES string of the molecule is O=C(Nc1ccccc1CO)c1c(F)cc(F)cc1F. The Labute approximate surface area is 112 Å². The van der Waals surface area contributed by atoms with Crippen LogP contribution in [0, 0.1) is 17.5 Å². The molecule has 3 nitrogen and oxygen atoms in total. The number of aliphatic hydroxyl groups is 1. The molecule has 0 heterocycles. The van der Waals surface area contributed by atoms with Gasteiger partial charge in [-0.1, -0.05) is 18.2 Å². The van der Waals surface area contributed by atoms with Gasteiger partial charge in [0.05, 0.1) is 6.61 Å². The summed E-state index contributed by atoms with van der Waals surface area (Å²) in [5.41, 5.74) is -0.258. The van der Waals surface area contributed by atoms with E-state index in [2.05, 4.69) is 5.32 Å². The summed E-state index contributed by atoms with van der Waals surface area (Å²) in [4.78, 5) is 11.8. The second-order valence-corrected chi connectivity index (χ2v) is 4.01. The van der Waals surface area contributed by atoms with E-state index in [1.165, 1.54) is 6.07 Å². The Hall–Kier alpha value is -2.34. The van der Waals surface area contributed by atoms with Gasteiger partial charge in [0.25, 0.3) is 5.91 Å². The second kappa shape index (κ2) is 5.75. The highest BCUT2D eigenvalue weighted by atomic mass is 19.1. The third-order valence-electron chi connectivity index (χ3n) is 2.67. The summed E-state index contributed by atoms with van der Waals surface area (Å²) in [6.07, 6.45) is 0. The lowest BCUT2D eigenvalue weighted by Crippen LogP contribution is -2.17. The number of rotatable bonds is 3. The van der Waals surface area contributed by atoms with Crippen molar-refractivity contribution in [1.82, 2.24) is 0 Å². The molecule has 0 unspecified atom stereocenters. The van der Waals surface area contributed by atoms with Crippen LogP contribution in [-0.4, -0.2) is 11.0 Å². The van der Waals surface area contributed by atoms with Gasteiger partial charge in [-0.3, -0.25) is 4.79 Å². The van der Waals surface area contributed by atoms with E-state index in [0.29, 0.717) is 17.7 Å². The molecular weight excluding hydrogens is 271 g/mol. The van der Waals surface area contributed by atoms with Gasteiger partial charge in [-0.25, -0.2) is 13.2 Å². The van der Waals surface area contributed by atoms with Crippen molar-refractivity contribution in [2.75, 3.05) is 5.32 Å². The zero-order valence-corrected chi connectivity index (χ0v) is 10.2. The smallest absolute Gasteiger partial charge is 0.261 e. The molecule has 1 amide bonds. The summed E-state index contributed by atoms with van der Waals surface area (Å²) in [7, 11) is 0. The second-order valence-electron chi connectivity index (χ2n) is 4.01. The Balaban J connectivity index is 2.34. The van der Waals surface area contributed by atoms with E-state index in [4.69, 9.17) is 5.11 Å². The first-order valence-electron chi connectivity index (χ1n) is 5.67. The van der Waals surface area contributed by atoms with Crippen LogP contribution in [0.4, 0.5) is 18.9 Å². The third kappa shape index (κ3) is 2.80. The molecule has 0 aliphatic heterocycles. The summed E-state index contributed by atoms with van der Waals surface area (Å²) in [5, 5.41) is 11.4. The molecule has 20 heavy (non-hydrogen) atoms. The van der Waals surface area contributed by atoms with Crippen molar-refractivity contribution in [3.05, 3.63) is 65.0 Å². The number of hydrogen-bond acceptors (Lipinski definition) is 2. The van der Waals surface area contributed by atoms with E-state index < -0.39 is 28.9 Å². The van der Waals surface area contributed by atoms with Crippen LogP contribution in [0.15, 0.2) is 36.4 Å². The molecule has 0 aliphatic rings. The average molecular weight is 281 g/mol. The molecule has 2 rings (SSSR count). The Bertz CT molecular complexity index is 636. The van der Waals surface area contributed by atoms with Crippen LogP contribution >= 0.6 is 0 Å². The Kier molecular flexibility index (Phi) is 4.05. The average Bonchev–Trinajstić information content (AvgIpc) is 2.38. The lowest BCUT2D eigenvalue weighted by atomic mass is 10.1. The summed E-state index contributed by atoms with van der Waals surface area (Å²) in [6.45, 7) is -0.342. The number of halogens is 3. The van der Waals surface area contributed by atoms with Crippen molar-refractivity contribution < 1.29 is 23.1 Å². The number of anilines is 1. The first kappa shape index (κ1) is 14.1. The molecule has 2 N–H and O–H groups in total. The fourth-order valence-corrected chi connectivity index (χ4v) is 1.72. The van der Waals surface area contributed by atoms with Crippen LogP contribution < -0.4 is 5.32 Å². The van der Waals surface area contributed by atoms with Crippen LogP contribution in [0.3, 0.4) is 0 Å². The summed E-state index contributed by atoms with van der Waals surface area (Å²) in [5.74, 6) is -4.74. The highest BCUT2D eigenvalue weighted by Gasteiger charge is 2.19. The topological polar surface area (TPSA) is 49.3 Å². The van der Waals surface area contributed by atoms with Gasteiger partial charge in [-0.15, -0.1) is 0 Å². The van der Waals surface area contributed by atoms with Crippen LogP contribution in [0.1, 0.15) is 15.9 Å². The van der Waals surface area contributed by atoms with Crippen molar-refractivity contribution in [3.8, 4) is 0 Å². The van der Waals surface area contributed by atoms with E-state index in [0.717, 1.165) is 0 Å². The molecular formula is C14H10F3NO2. The summed E-state index contributed by atoms with van der Waals surface area (Å²) >= 11 is 0.